The van der Waals surface area contributed by atoms with Crippen molar-refractivity contribution in [3.63, 3.8) is 0 Å². The van der Waals surface area contributed by atoms with E-state index in [4.69, 9.17) is 9.47 Å². The van der Waals surface area contributed by atoms with Crippen molar-refractivity contribution < 1.29 is 28.3 Å². The maximum Gasteiger partial charge on any atom is 0.329 e. The third-order valence-electron chi connectivity index (χ3n) is 6.77. The summed E-state index contributed by atoms with van der Waals surface area (Å²) in [5, 5.41) is 0. The second-order valence-electron chi connectivity index (χ2n) is 9.67. The highest BCUT2D eigenvalue weighted by Crippen LogP contribution is 2.55. The molecule has 0 bridgehead atoms. The lowest BCUT2D eigenvalue weighted by Gasteiger charge is -2.31. The summed E-state index contributed by atoms with van der Waals surface area (Å²) in [5.41, 5.74) is -0.457. The molecule has 0 aromatic heterocycles. The van der Waals surface area contributed by atoms with Gasteiger partial charge in [0.1, 0.15) is 11.5 Å². The molecular formula is C28H35N2O5+. The van der Waals surface area contributed by atoms with Gasteiger partial charge in [-0.15, -0.1) is 6.58 Å². The van der Waals surface area contributed by atoms with Crippen LogP contribution in [0.2, 0.25) is 0 Å². The van der Waals surface area contributed by atoms with Gasteiger partial charge < -0.3 is 18.9 Å². The lowest BCUT2D eigenvalue weighted by Crippen LogP contribution is -2.46. The van der Waals surface area contributed by atoms with Gasteiger partial charge in [0.25, 0.3) is 0 Å². The van der Waals surface area contributed by atoms with Gasteiger partial charge in [0.2, 0.25) is 5.91 Å². The molecule has 2 atom stereocenters. The number of rotatable bonds is 11. The summed E-state index contributed by atoms with van der Waals surface area (Å²) in [7, 11) is 4.28. The van der Waals surface area contributed by atoms with E-state index < -0.39 is 17.4 Å². The monoisotopic (exact) mass is 479 g/mol. The molecule has 0 spiro atoms. The number of likely N-dealkylation sites (N-methyl/N-ethyl adjacent to an activating group) is 1. The quantitative estimate of drug-likeness (QED) is 0.161. The fourth-order valence-corrected chi connectivity index (χ4v) is 3.79. The van der Waals surface area contributed by atoms with Gasteiger partial charge in [-0.1, -0.05) is 36.4 Å². The number of nitrogens with zero attached hydrogens (tertiary/aromatic N) is 2. The molecule has 1 amide bonds. The van der Waals surface area contributed by atoms with Crippen LogP contribution in [0.3, 0.4) is 0 Å². The molecule has 0 heterocycles. The Bertz CT molecular complexity index is 1060. The van der Waals surface area contributed by atoms with Gasteiger partial charge in [-0.2, -0.15) is 0 Å². The molecule has 1 aliphatic carbocycles. The maximum absolute atomic E-state index is 13.0. The predicted molar refractivity (Wildman–Crippen MR) is 133 cm³/mol. The molecular weight excluding hydrogens is 444 g/mol. The van der Waals surface area contributed by atoms with Crippen molar-refractivity contribution in [1.29, 1.82) is 0 Å². The molecule has 0 saturated heterocycles. The minimum Gasteiger partial charge on any atom is -0.426 e. The predicted octanol–water partition coefficient (Wildman–Crippen LogP) is 3.83. The lowest BCUT2D eigenvalue weighted by atomic mass is 10.0. The topological polar surface area (TPSA) is 72.9 Å². The Morgan fingerprint density at radius 3 is 2.09 bits per heavy atom. The first-order valence-electron chi connectivity index (χ1n) is 11.9. The van der Waals surface area contributed by atoms with E-state index >= 15 is 0 Å². The van der Waals surface area contributed by atoms with Gasteiger partial charge in [-0.25, -0.2) is 0 Å². The largest absolute Gasteiger partial charge is 0.426 e. The molecule has 186 valence electrons. The number of carbonyl (C=O) groups excluding carboxylic acids is 3. The Morgan fingerprint density at radius 1 is 1.03 bits per heavy atom. The highest BCUT2D eigenvalue weighted by molar-refractivity contribution is 6.05. The Morgan fingerprint density at radius 2 is 1.60 bits per heavy atom. The van der Waals surface area contributed by atoms with Crippen LogP contribution in [0.15, 0.2) is 67.3 Å². The normalized spacial score (nSPS) is 18.9. The first-order valence-corrected chi connectivity index (χ1v) is 11.9. The molecule has 2 unspecified atom stereocenters. The maximum atomic E-state index is 13.0. The molecule has 7 heteroatoms. The van der Waals surface area contributed by atoms with Crippen molar-refractivity contribution in [2.24, 2.45) is 11.3 Å². The van der Waals surface area contributed by atoms with Crippen molar-refractivity contribution in [3.05, 3.63) is 72.8 Å². The first kappa shape index (κ1) is 26.2. The molecule has 0 radical (unpaired) electrons. The molecule has 1 fully saturated rings. The van der Waals surface area contributed by atoms with Crippen molar-refractivity contribution in [3.8, 4) is 11.5 Å². The number of benzene rings is 2. The zero-order chi connectivity index (χ0) is 25.6. The minimum atomic E-state index is -1.38. The van der Waals surface area contributed by atoms with Crippen LogP contribution < -0.4 is 9.47 Å². The molecule has 1 saturated carbocycles. The van der Waals surface area contributed by atoms with Crippen molar-refractivity contribution in [1.82, 2.24) is 4.90 Å². The average molecular weight is 480 g/mol. The zero-order valence-electron chi connectivity index (χ0n) is 21.0. The standard InChI is InChI=1S/C28H35N2O5/c1-6-23-19-28(23,26(32)34-24-11-9-8-10-12-24)27(33)35-25-15-13-22(14-16-25)20-29(21(3)31)17-18-30(4,5)7-2/h6,8-16,23H,1,7,17-20H2,2-5H3/q+1. The highest BCUT2D eigenvalue weighted by atomic mass is 16.6. The summed E-state index contributed by atoms with van der Waals surface area (Å²) in [6, 6.07) is 15.7. The van der Waals surface area contributed by atoms with E-state index in [0.29, 0.717) is 31.0 Å². The Hall–Kier alpha value is -3.45. The second kappa shape index (κ2) is 10.9. The fourth-order valence-electron chi connectivity index (χ4n) is 3.79. The van der Waals surface area contributed by atoms with Gasteiger partial charge in [0.15, 0.2) is 5.41 Å². The summed E-state index contributed by atoms with van der Waals surface area (Å²) >= 11 is 0. The summed E-state index contributed by atoms with van der Waals surface area (Å²) in [4.78, 5) is 39.9. The van der Waals surface area contributed by atoms with Crippen LogP contribution in [0.5, 0.6) is 11.5 Å². The Balaban J connectivity index is 1.64. The number of ether oxygens (including phenoxy) is 2. The van der Waals surface area contributed by atoms with Gasteiger partial charge in [0.05, 0.1) is 33.7 Å². The number of allylic oxidation sites excluding steroid dienone is 1. The third kappa shape index (κ3) is 6.36. The average Bonchev–Trinajstić information content (AvgIpc) is 3.59. The number of quaternary nitrogens is 1. The summed E-state index contributed by atoms with van der Waals surface area (Å²) in [6.45, 7) is 10.4. The molecule has 2 aromatic rings. The molecule has 2 aromatic carbocycles. The van der Waals surface area contributed by atoms with Gasteiger partial charge >= 0.3 is 11.9 Å². The molecule has 1 aliphatic rings. The molecule has 0 aliphatic heterocycles. The first-order chi connectivity index (χ1) is 16.6. The Labute approximate surface area is 207 Å². The zero-order valence-corrected chi connectivity index (χ0v) is 21.0. The molecule has 35 heavy (non-hydrogen) atoms. The van der Waals surface area contributed by atoms with Crippen LogP contribution in [0.25, 0.3) is 0 Å². The van der Waals surface area contributed by atoms with Crippen LogP contribution in [-0.2, 0) is 20.9 Å². The van der Waals surface area contributed by atoms with Crippen LogP contribution in [0.1, 0.15) is 25.8 Å². The second-order valence-corrected chi connectivity index (χ2v) is 9.67. The number of amides is 1. The summed E-state index contributed by atoms with van der Waals surface area (Å²) < 4.78 is 11.9. The highest BCUT2D eigenvalue weighted by Gasteiger charge is 2.67. The lowest BCUT2D eigenvalue weighted by molar-refractivity contribution is -0.887. The number of esters is 2. The minimum absolute atomic E-state index is 0.0136. The molecule has 3 rings (SSSR count). The van der Waals surface area contributed by atoms with Crippen LogP contribution in [-0.4, -0.2) is 61.0 Å². The van der Waals surface area contributed by atoms with Crippen LogP contribution >= 0.6 is 0 Å². The van der Waals surface area contributed by atoms with Crippen molar-refractivity contribution in [2.45, 2.75) is 26.8 Å². The van der Waals surface area contributed by atoms with Crippen LogP contribution in [0, 0.1) is 11.3 Å². The van der Waals surface area contributed by atoms with E-state index in [1.807, 2.05) is 23.1 Å². The van der Waals surface area contributed by atoms with Gasteiger partial charge in [-0.05, 0) is 43.2 Å². The van der Waals surface area contributed by atoms with E-state index in [2.05, 4.69) is 27.6 Å². The smallest absolute Gasteiger partial charge is 0.329 e. The van der Waals surface area contributed by atoms with E-state index in [9.17, 15) is 14.4 Å². The third-order valence-corrected chi connectivity index (χ3v) is 6.77. The molecule has 0 N–H and O–H groups in total. The van der Waals surface area contributed by atoms with Crippen LogP contribution in [0.4, 0.5) is 0 Å². The van der Waals surface area contributed by atoms with E-state index in [1.54, 1.807) is 49.4 Å². The number of para-hydroxylation sites is 1. The number of hydrogen-bond donors (Lipinski definition) is 0. The van der Waals surface area contributed by atoms with E-state index in [1.165, 1.54) is 0 Å². The van der Waals surface area contributed by atoms with Gasteiger partial charge in [0, 0.05) is 19.4 Å². The number of hydrogen-bond acceptors (Lipinski definition) is 5. The van der Waals surface area contributed by atoms with Crippen molar-refractivity contribution >= 4 is 17.8 Å². The Kier molecular flexibility index (Phi) is 8.12. The summed E-state index contributed by atoms with van der Waals surface area (Å²) in [5.74, 6) is -0.903. The fraction of sp³-hybridized carbons (Fsp3) is 0.393. The SMILES string of the molecule is C=CC1CC1(C(=O)Oc1ccccc1)C(=O)Oc1ccc(CN(CC[N+](C)(C)CC)C(C)=O)cc1. The van der Waals surface area contributed by atoms with Gasteiger partial charge in [-0.3, -0.25) is 14.4 Å². The number of carbonyl (C=O) groups is 3. The molecule has 7 nitrogen and oxygen atoms in total. The van der Waals surface area contributed by atoms with E-state index in [0.717, 1.165) is 23.1 Å². The van der Waals surface area contributed by atoms with Crippen molar-refractivity contribution in [2.75, 3.05) is 33.7 Å². The summed E-state index contributed by atoms with van der Waals surface area (Å²) in [6.07, 6.45) is 1.89. The van der Waals surface area contributed by atoms with E-state index in [-0.39, 0.29) is 11.8 Å².